The van der Waals surface area contributed by atoms with Crippen LogP contribution in [0.4, 0.5) is 0 Å². The third kappa shape index (κ3) is 4.49. The van der Waals surface area contributed by atoms with E-state index in [1.807, 2.05) is 19.1 Å². The Hall–Kier alpha value is -2.58. The van der Waals surface area contributed by atoms with Crippen molar-refractivity contribution in [2.75, 3.05) is 14.2 Å². The maximum atomic E-state index is 12.5. The number of rotatable bonds is 7. The fraction of sp³-hybridized carbons (Fsp3) is 0.235. The van der Waals surface area contributed by atoms with Crippen LogP contribution in [0.1, 0.15) is 22.8 Å². The standard InChI is InChI=1S/C17H20N2O5S/c1-4-12-5-7-13(8-6-12)17(20)18-19-25(21,22)16-11-14(23-2)9-10-15(16)24-3/h5-11,19H,4H2,1-3H3,(H,18,20). The Kier molecular flexibility index (Phi) is 6.00. The number of ether oxygens (including phenoxy) is 2. The molecule has 2 aromatic rings. The van der Waals surface area contributed by atoms with Crippen molar-refractivity contribution in [3.8, 4) is 11.5 Å². The van der Waals surface area contributed by atoms with Gasteiger partial charge in [0.05, 0.1) is 14.2 Å². The van der Waals surface area contributed by atoms with E-state index in [0.717, 1.165) is 12.0 Å². The Bertz CT molecular complexity index is 848. The third-order valence-corrected chi connectivity index (χ3v) is 4.85. The van der Waals surface area contributed by atoms with Crippen molar-refractivity contribution in [2.24, 2.45) is 0 Å². The van der Waals surface area contributed by atoms with Gasteiger partial charge in [-0.25, -0.2) is 8.42 Å². The minimum absolute atomic E-state index is 0.134. The lowest BCUT2D eigenvalue weighted by molar-refractivity contribution is 0.0945. The van der Waals surface area contributed by atoms with Crippen molar-refractivity contribution in [2.45, 2.75) is 18.2 Å². The first kappa shape index (κ1) is 18.8. The number of amides is 1. The summed E-state index contributed by atoms with van der Waals surface area (Å²) in [6.07, 6.45) is 0.851. The molecule has 0 heterocycles. The van der Waals surface area contributed by atoms with E-state index in [2.05, 4.69) is 10.3 Å². The summed E-state index contributed by atoms with van der Waals surface area (Å²) in [5, 5.41) is 0. The molecule has 2 aromatic carbocycles. The summed E-state index contributed by atoms with van der Waals surface area (Å²) in [5.74, 6) is -0.0782. The van der Waals surface area contributed by atoms with Crippen LogP contribution < -0.4 is 19.7 Å². The van der Waals surface area contributed by atoms with Gasteiger partial charge in [0.25, 0.3) is 15.9 Å². The van der Waals surface area contributed by atoms with Gasteiger partial charge in [-0.1, -0.05) is 19.1 Å². The van der Waals surface area contributed by atoms with Gasteiger partial charge in [0.1, 0.15) is 16.4 Å². The summed E-state index contributed by atoms with van der Waals surface area (Å²) in [5.41, 5.74) is 3.62. The molecule has 8 heteroatoms. The number of aryl methyl sites for hydroxylation is 1. The molecule has 1 amide bonds. The Morgan fingerprint density at radius 2 is 1.72 bits per heavy atom. The molecule has 0 fully saturated rings. The number of hydrogen-bond donors (Lipinski definition) is 2. The molecule has 0 bridgehead atoms. The van der Waals surface area contributed by atoms with E-state index >= 15 is 0 Å². The molecule has 0 unspecified atom stereocenters. The van der Waals surface area contributed by atoms with E-state index in [0.29, 0.717) is 11.3 Å². The molecule has 0 aliphatic carbocycles. The first-order valence-electron chi connectivity index (χ1n) is 7.54. The Morgan fingerprint density at radius 1 is 1.04 bits per heavy atom. The zero-order valence-corrected chi connectivity index (χ0v) is 15.0. The molecule has 2 N–H and O–H groups in total. The highest BCUT2D eigenvalue weighted by Gasteiger charge is 2.21. The van der Waals surface area contributed by atoms with Gasteiger partial charge < -0.3 is 9.47 Å². The van der Waals surface area contributed by atoms with Gasteiger partial charge in [-0.3, -0.25) is 10.2 Å². The van der Waals surface area contributed by atoms with E-state index < -0.39 is 15.9 Å². The minimum atomic E-state index is -4.04. The van der Waals surface area contributed by atoms with Crippen molar-refractivity contribution < 1.29 is 22.7 Å². The van der Waals surface area contributed by atoms with E-state index in [4.69, 9.17) is 9.47 Å². The van der Waals surface area contributed by atoms with E-state index in [1.54, 1.807) is 18.2 Å². The Balaban J connectivity index is 2.17. The molecule has 7 nitrogen and oxygen atoms in total. The largest absolute Gasteiger partial charge is 0.497 e. The molecule has 0 saturated carbocycles. The summed E-state index contributed by atoms with van der Waals surface area (Å²) in [6, 6.07) is 11.2. The molecule has 0 aliphatic rings. The van der Waals surface area contributed by atoms with E-state index in [9.17, 15) is 13.2 Å². The van der Waals surface area contributed by atoms with Crippen LogP contribution in [-0.4, -0.2) is 28.5 Å². The van der Waals surface area contributed by atoms with Gasteiger partial charge in [-0.15, -0.1) is 4.83 Å². The quantitative estimate of drug-likeness (QED) is 0.732. The van der Waals surface area contributed by atoms with Crippen LogP contribution in [0.25, 0.3) is 0 Å². The van der Waals surface area contributed by atoms with E-state index in [1.165, 1.54) is 26.4 Å². The third-order valence-electron chi connectivity index (χ3n) is 3.58. The lowest BCUT2D eigenvalue weighted by atomic mass is 10.1. The summed E-state index contributed by atoms with van der Waals surface area (Å²) in [4.78, 5) is 14.0. The average Bonchev–Trinajstić information content (AvgIpc) is 2.65. The Morgan fingerprint density at radius 3 is 2.28 bits per heavy atom. The first-order valence-corrected chi connectivity index (χ1v) is 9.02. The Labute approximate surface area is 147 Å². The molecule has 0 aromatic heterocycles. The van der Waals surface area contributed by atoms with Crippen molar-refractivity contribution in [1.29, 1.82) is 0 Å². The summed E-state index contributed by atoms with van der Waals surface area (Å²) >= 11 is 0. The van der Waals surface area contributed by atoms with Crippen LogP contribution in [0.15, 0.2) is 47.4 Å². The van der Waals surface area contributed by atoms with Gasteiger partial charge >= 0.3 is 0 Å². The van der Waals surface area contributed by atoms with Crippen LogP contribution in [0, 0.1) is 0 Å². The molecule has 2 rings (SSSR count). The number of carbonyl (C=O) groups is 1. The second kappa shape index (κ2) is 8.00. The van der Waals surface area contributed by atoms with Crippen LogP contribution in [0.3, 0.4) is 0 Å². The molecule has 0 radical (unpaired) electrons. The van der Waals surface area contributed by atoms with Crippen molar-refractivity contribution >= 4 is 15.9 Å². The minimum Gasteiger partial charge on any atom is -0.497 e. The predicted molar refractivity (Wildman–Crippen MR) is 93.2 cm³/mol. The summed E-state index contributed by atoms with van der Waals surface area (Å²) < 4.78 is 35.0. The normalized spacial score (nSPS) is 11.0. The fourth-order valence-corrected chi connectivity index (χ4v) is 3.15. The lowest BCUT2D eigenvalue weighted by Gasteiger charge is -2.13. The highest BCUT2D eigenvalue weighted by Crippen LogP contribution is 2.27. The number of methoxy groups -OCH3 is 2. The maximum Gasteiger partial charge on any atom is 0.266 e. The van der Waals surface area contributed by atoms with Crippen LogP contribution in [0.2, 0.25) is 0 Å². The molecular weight excluding hydrogens is 344 g/mol. The number of hydrazine groups is 1. The highest BCUT2D eigenvalue weighted by atomic mass is 32.2. The molecule has 0 saturated heterocycles. The lowest BCUT2D eigenvalue weighted by Crippen LogP contribution is -2.41. The SMILES string of the molecule is CCc1ccc(C(=O)NNS(=O)(=O)c2cc(OC)ccc2OC)cc1. The number of benzene rings is 2. The average molecular weight is 364 g/mol. The number of hydrogen-bond acceptors (Lipinski definition) is 5. The zero-order valence-electron chi connectivity index (χ0n) is 14.2. The van der Waals surface area contributed by atoms with Gasteiger partial charge in [-0.2, -0.15) is 0 Å². The fourth-order valence-electron chi connectivity index (χ4n) is 2.13. The van der Waals surface area contributed by atoms with Gasteiger partial charge in [0.2, 0.25) is 0 Å². The second-order valence-corrected chi connectivity index (χ2v) is 6.78. The molecular formula is C17H20N2O5S. The van der Waals surface area contributed by atoms with E-state index in [-0.39, 0.29) is 10.6 Å². The van der Waals surface area contributed by atoms with Crippen molar-refractivity contribution in [3.05, 3.63) is 53.6 Å². The molecule has 0 aliphatic heterocycles. The summed E-state index contributed by atoms with van der Waals surface area (Å²) in [7, 11) is -1.26. The molecule has 0 spiro atoms. The predicted octanol–water partition coefficient (Wildman–Crippen LogP) is 1.89. The number of nitrogens with one attached hydrogen (secondary N) is 2. The summed E-state index contributed by atoms with van der Waals surface area (Å²) in [6.45, 7) is 2.00. The number of carbonyl (C=O) groups excluding carboxylic acids is 1. The molecule has 0 atom stereocenters. The topological polar surface area (TPSA) is 93.7 Å². The van der Waals surface area contributed by atoms with Gasteiger partial charge in [0, 0.05) is 11.6 Å². The molecule has 134 valence electrons. The highest BCUT2D eigenvalue weighted by molar-refractivity contribution is 7.89. The van der Waals surface area contributed by atoms with Gasteiger partial charge in [0.15, 0.2) is 0 Å². The van der Waals surface area contributed by atoms with Crippen LogP contribution in [0.5, 0.6) is 11.5 Å². The monoisotopic (exact) mass is 364 g/mol. The van der Waals surface area contributed by atoms with Crippen LogP contribution in [-0.2, 0) is 16.4 Å². The van der Waals surface area contributed by atoms with Gasteiger partial charge in [-0.05, 0) is 36.2 Å². The maximum absolute atomic E-state index is 12.5. The number of sulfonamides is 1. The van der Waals surface area contributed by atoms with Crippen molar-refractivity contribution in [3.63, 3.8) is 0 Å². The second-order valence-electron chi connectivity index (χ2n) is 5.13. The smallest absolute Gasteiger partial charge is 0.266 e. The van der Waals surface area contributed by atoms with Crippen LogP contribution >= 0.6 is 0 Å². The first-order chi connectivity index (χ1) is 11.9. The van der Waals surface area contributed by atoms with Crippen molar-refractivity contribution in [1.82, 2.24) is 10.3 Å². The zero-order chi connectivity index (χ0) is 18.4. The molecule has 25 heavy (non-hydrogen) atoms.